The zero-order valence-electron chi connectivity index (χ0n) is 15.4. The third kappa shape index (κ3) is 3.74. The Morgan fingerprint density at radius 1 is 0.963 bits per heavy atom. The fourth-order valence-corrected chi connectivity index (χ4v) is 3.81. The summed E-state index contributed by atoms with van der Waals surface area (Å²) in [5.74, 6) is 0.618. The molecule has 1 atom stereocenters. The van der Waals surface area contributed by atoms with Gasteiger partial charge in [0.2, 0.25) is 5.91 Å². The van der Waals surface area contributed by atoms with Gasteiger partial charge in [0.15, 0.2) is 0 Å². The van der Waals surface area contributed by atoms with Crippen molar-refractivity contribution in [2.24, 2.45) is 0 Å². The van der Waals surface area contributed by atoms with Crippen molar-refractivity contribution in [3.8, 4) is 0 Å². The van der Waals surface area contributed by atoms with E-state index in [-0.39, 0.29) is 12.5 Å². The molecule has 0 aliphatic carbocycles. The zero-order chi connectivity index (χ0) is 18.6. The minimum Gasteiger partial charge on any atom is -0.380 e. The Labute approximate surface area is 159 Å². The van der Waals surface area contributed by atoms with Crippen LogP contribution in [0.2, 0.25) is 0 Å². The van der Waals surface area contributed by atoms with Crippen LogP contribution in [0.5, 0.6) is 0 Å². The van der Waals surface area contributed by atoms with Crippen molar-refractivity contribution in [2.75, 3.05) is 13.1 Å². The molecule has 1 saturated heterocycles. The van der Waals surface area contributed by atoms with Crippen LogP contribution < -0.4 is 0 Å². The number of nitrogens with zero attached hydrogens (tertiary/aromatic N) is 3. The molecule has 140 valence electrons. The average molecular weight is 363 g/mol. The van der Waals surface area contributed by atoms with E-state index < -0.39 is 6.10 Å². The second-order valence-electron chi connectivity index (χ2n) is 7.15. The van der Waals surface area contributed by atoms with Crippen molar-refractivity contribution in [1.82, 2.24) is 14.5 Å². The molecule has 1 amide bonds. The average Bonchev–Trinajstić information content (AvgIpc) is 2.88. The van der Waals surface area contributed by atoms with E-state index in [0.717, 1.165) is 42.5 Å². The molecule has 0 bridgehead atoms. The van der Waals surface area contributed by atoms with Gasteiger partial charge in [0.1, 0.15) is 18.5 Å². The summed E-state index contributed by atoms with van der Waals surface area (Å²) < 4.78 is 1.88. The Balaban J connectivity index is 1.69. The van der Waals surface area contributed by atoms with Crippen LogP contribution in [-0.2, 0) is 11.3 Å². The summed E-state index contributed by atoms with van der Waals surface area (Å²) in [6.45, 7) is 1.85. The predicted molar refractivity (Wildman–Crippen MR) is 105 cm³/mol. The SMILES string of the molecule is O=C(Cn1c(C(O)c2ccccc2)nc2ccccc21)N1CCCCCC1. The van der Waals surface area contributed by atoms with Crippen LogP contribution >= 0.6 is 0 Å². The van der Waals surface area contributed by atoms with Crippen LogP contribution in [0.1, 0.15) is 43.2 Å². The van der Waals surface area contributed by atoms with Gasteiger partial charge in [-0.15, -0.1) is 0 Å². The molecule has 5 heteroatoms. The lowest BCUT2D eigenvalue weighted by atomic mass is 10.1. The van der Waals surface area contributed by atoms with E-state index in [2.05, 4.69) is 4.98 Å². The van der Waals surface area contributed by atoms with Gasteiger partial charge in [-0.3, -0.25) is 4.79 Å². The van der Waals surface area contributed by atoms with Gasteiger partial charge >= 0.3 is 0 Å². The number of hydrogen-bond acceptors (Lipinski definition) is 3. The van der Waals surface area contributed by atoms with Crippen molar-refractivity contribution in [3.63, 3.8) is 0 Å². The molecule has 0 saturated carbocycles. The van der Waals surface area contributed by atoms with Crippen LogP contribution in [0.4, 0.5) is 0 Å². The maximum absolute atomic E-state index is 13.0. The fraction of sp³-hybridized carbons (Fsp3) is 0.364. The lowest BCUT2D eigenvalue weighted by molar-refractivity contribution is -0.131. The van der Waals surface area contributed by atoms with Gasteiger partial charge in [-0.05, 0) is 30.5 Å². The van der Waals surface area contributed by atoms with Crippen LogP contribution in [0.15, 0.2) is 54.6 Å². The highest BCUT2D eigenvalue weighted by atomic mass is 16.3. The molecule has 3 aromatic rings. The highest BCUT2D eigenvalue weighted by Gasteiger charge is 2.23. The van der Waals surface area contributed by atoms with Crippen LogP contribution in [0, 0.1) is 0 Å². The quantitative estimate of drug-likeness (QED) is 0.772. The summed E-state index contributed by atoms with van der Waals surface area (Å²) in [4.78, 5) is 19.6. The number of aromatic nitrogens is 2. The minimum atomic E-state index is -0.865. The van der Waals surface area contributed by atoms with Crippen molar-refractivity contribution in [1.29, 1.82) is 0 Å². The van der Waals surface area contributed by atoms with E-state index in [0.29, 0.717) is 5.82 Å². The standard InChI is InChI=1S/C22H25N3O2/c26-20(24-14-8-1-2-9-15-24)16-25-19-13-7-6-12-18(19)23-22(25)21(27)17-10-4-3-5-11-17/h3-7,10-13,21,27H,1-2,8-9,14-16H2. The Morgan fingerprint density at radius 3 is 2.37 bits per heavy atom. The van der Waals surface area contributed by atoms with Crippen molar-refractivity contribution in [3.05, 3.63) is 66.0 Å². The van der Waals surface area contributed by atoms with Crippen molar-refractivity contribution in [2.45, 2.75) is 38.3 Å². The topological polar surface area (TPSA) is 58.4 Å². The van der Waals surface area contributed by atoms with Gasteiger partial charge in [-0.1, -0.05) is 55.3 Å². The lowest BCUT2D eigenvalue weighted by Crippen LogP contribution is -2.35. The predicted octanol–water partition coefficient (Wildman–Crippen LogP) is 3.52. The van der Waals surface area contributed by atoms with Crippen molar-refractivity contribution >= 4 is 16.9 Å². The molecule has 0 spiro atoms. The molecular formula is C22H25N3O2. The monoisotopic (exact) mass is 363 g/mol. The number of benzene rings is 2. The first-order valence-corrected chi connectivity index (χ1v) is 9.70. The van der Waals surface area contributed by atoms with Gasteiger partial charge < -0.3 is 14.6 Å². The van der Waals surface area contributed by atoms with E-state index in [1.165, 1.54) is 12.8 Å². The highest BCUT2D eigenvalue weighted by Crippen LogP contribution is 2.26. The number of para-hydroxylation sites is 2. The van der Waals surface area contributed by atoms with Gasteiger partial charge in [0.25, 0.3) is 0 Å². The number of aliphatic hydroxyl groups is 1. The summed E-state index contributed by atoms with van der Waals surface area (Å²) in [5, 5.41) is 10.9. The van der Waals surface area contributed by atoms with E-state index in [1.807, 2.05) is 64.1 Å². The third-order valence-corrected chi connectivity index (χ3v) is 5.30. The normalized spacial score (nSPS) is 16.3. The van der Waals surface area contributed by atoms with Gasteiger partial charge in [-0.25, -0.2) is 4.98 Å². The molecule has 2 aromatic carbocycles. The van der Waals surface area contributed by atoms with Crippen LogP contribution in [-0.4, -0.2) is 38.6 Å². The Morgan fingerprint density at radius 2 is 1.63 bits per heavy atom. The maximum atomic E-state index is 13.0. The maximum Gasteiger partial charge on any atom is 0.242 e. The molecule has 2 heterocycles. The Hall–Kier alpha value is -2.66. The van der Waals surface area contributed by atoms with E-state index in [4.69, 9.17) is 0 Å². The number of imidazole rings is 1. The molecule has 1 aromatic heterocycles. The van der Waals surface area contributed by atoms with E-state index in [9.17, 15) is 9.90 Å². The molecule has 4 rings (SSSR count). The summed E-state index contributed by atoms with van der Waals surface area (Å²) >= 11 is 0. The molecule has 0 radical (unpaired) electrons. The lowest BCUT2D eigenvalue weighted by Gasteiger charge is -2.22. The summed E-state index contributed by atoms with van der Waals surface area (Å²) in [7, 11) is 0. The van der Waals surface area contributed by atoms with Crippen LogP contribution in [0.25, 0.3) is 11.0 Å². The Bertz CT molecular complexity index is 912. The number of amides is 1. The molecule has 1 N–H and O–H groups in total. The number of rotatable bonds is 4. The molecule has 1 aliphatic rings. The Kier molecular flexibility index (Phi) is 5.21. The van der Waals surface area contributed by atoms with Gasteiger partial charge in [0, 0.05) is 13.1 Å². The van der Waals surface area contributed by atoms with Crippen LogP contribution in [0.3, 0.4) is 0 Å². The number of carbonyl (C=O) groups excluding carboxylic acids is 1. The second kappa shape index (κ2) is 7.92. The molecule has 5 nitrogen and oxygen atoms in total. The third-order valence-electron chi connectivity index (χ3n) is 5.30. The first kappa shape index (κ1) is 17.7. The summed E-state index contributed by atoms with van der Waals surface area (Å²) in [5.41, 5.74) is 2.45. The number of fused-ring (bicyclic) bond motifs is 1. The number of carbonyl (C=O) groups is 1. The summed E-state index contributed by atoms with van der Waals surface area (Å²) in [6.07, 6.45) is 3.65. The fourth-order valence-electron chi connectivity index (χ4n) is 3.81. The smallest absolute Gasteiger partial charge is 0.242 e. The first-order chi connectivity index (χ1) is 13.2. The molecule has 27 heavy (non-hydrogen) atoms. The molecule has 1 fully saturated rings. The molecule has 1 unspecified atom stereocenters. The number of likely N-dealkylation sites (tertiary alicyclic amines) is 1. The van der Waals surface area contributed by atoms with Gasteiger partial charge in [0.05, 0.1) is 11.0 Å². The number of hydrogen-bond donors (Lipinski definition) is 1. The largest absolute Gasteiger partial charge is 0.380 e. The van der Waals surface area contributed by atoms with Gasteiger partial charge in [-0.2, -0.15) is 0 Å². The molecular weight excluding hydrogens is 338 g/mol. The number of aliphatic hydroxyl groups excluding tert-OH is 1. The first-order valence-electron chi connectivity index (χ1n) is 9.70. The highest BCUT2D eigenvalue weighted by molar-refractivity contribution is 5.81. The van der Waals surface area contributed by atoms with Crippen molar-refractivity contribution < 1.29 is 9.90 Å². The van der Waals surface area contributed by atoms with E-state index >= 15 is 0 Å². The summed E-state index contributed by atoms with van der Waals surface area (Å²) in [6, 6.07) is 17.2. The zero-order valence-corrected chi connectivity index (χ0v) is 15.4. The minimum absolute atomic E-state index is 0.0987. The molecule has 1 aliphatic heterocycles. The van der Waals surface area contributed by atoms with E-state index in [1.54, 1.807) is 0 Å². The second-order valence-corrected chi connectivity index (χ2v) is 7.15.